The van der Waals surface area contributed by atoms with Crippen LogP contribution in [0, 0.1) is 5.82 Å². The Morgan fingerprint density at radius 1 is 1.14 bits per heavy atom. The van der Waals surface area contributed by atoms with Gasteiger partial charge in [0, 0.05) is 10.8 Å². The molecule has 0 amide bonds. The van der Waals surface area contributed by atoms with Crippen LogP contribution in [0.1, 0.15) is 5.56 Å². The summed E-state index contributed by atoms with van der Waals surface area (Å²) in [4.78, 5) is 0. The molecule has 0 fully saturated rings. The topological polar surface area (TPSA) is 43.6 Å². The molecule has 0 aliphatic rings. The van der Waals surface area contributed by atoms with Crippen molar-refractivity contribution in [3.05, 3.63) is 64.9 Å². The van der Waals surface area contributed by atoms with Gasteiger partial charge in [-0.15, -0.1) is 5.10 Å². The fourth-order valence-corrected chi connectivity index (χ4v) is 2.83. The van der Waals surface area contributed by atoms with Crippen molar-refractivity contribution in [1.82, 2.24) is 20.2 Å². The third-order valence-electron chi connectivity index (χ3n) is 2.75. The second kappa shape index (κ2) is 6.24. The quantitative estimate of drug-likeness (QED) is 0.687. The van der Waals surface area contributed by atoms with Crippen LogP contribution in [0.25, 0.3) is 5.69 Å². The van der Waals surface area contributed by atoms with Crippen molar-refractivity contribution in [2.75, 3.05) is 0 Å². The van der Waals surface area contributed by atoms with Gasteiger partial charge in [0.05, 0.1) is 5.69 Å². The third kappa shape index (κ3) is 3.40. The predicted molar refractivity (Wildman–Crippen MR) is 80.1 cm³/mol. The highest BCUT2D eigenvalue weighted by Crippen LogP contribution is 2.23. The van der Waals surface area contributed by atoms with E-state index in [1.54, 1.807) is 22.9 Å². The van der Waals surface area contributed by atoms with Gasteiger partial charge >= 0.3 is 0 Å². The number of tetrazole rings is 1. The second-order valence-electron chi connectivity index (χ2n) is 4.27. The van der Waals surface area contributed by atoms with Gasteiger partial charge in [-0.1, -0.05) is 41.6 Å². The molecule has 0 bridgehead atoms. The summed E-state index contributed by atoms with van der Waals surface area (Å²) in [5, 5.41) is 12.9. The SMILES string of the molecule is Fc1cccc(CSc2nnnn2-c2cccc(Cl)c2)c1. The molecule has 0 aliphatic carbocycles. The van der Waals surface area contributed by atoms with Gasteiger partial charge in [-0.3, -0.25) is 0 Å². The minimum absolute atomic E-state index is 0.248. The Balaban J connectivity index is 1.80. The molecule has 3 rings (SSSR count). The third-order valence-corrected chi connectivity index (χ3v) is 3.98. The molecule has 7 heteroatoms. The van der Waals surface area contributed by atoms with Gasteiger partial charge in [-0.2, -0.15) is 4.68 Å². The fraction of sp³-hybridized carbons (Fsp3) is 0.0714. The molecule has 1 aromatic heterocycles. The smallest absolute Gasteiger partial charge is 0.207 e. The Morgan fingerprint density at radius 3 is 2.81 bits per heavy atom. The van der Waals surface area contributed by atoms with Gasteiger partial charge in [0.25, 0.3) is 0 Å². The van der Waals surface area contributed by atoms with Crippen LogP contribution in [-0.4, -0.2) is 20.2 Å². The first-order valence-electron chi connectivity index (χ1n) is 6.14. The number of halogens is 2. The number of benzene rings is 2. The fourth-order valence-electron chi connectivity index (χ4n) is 1.81. The maximum Gasteiger partial charge on any atom is 0.214 e. The van der Waals surface area contributed by atoms with Gasteiger partial charge in [0.1, 0.15) is 5.82 Å². The largest absolute Gasteiger partial charge is 0.214 e. The van der Waals surface area contributed by atoms with Crippen molar-refractivity contribution < 1.29 is 4.39 Å². The number of aromatic nitrogens is 4. The van der Waals surface area contributed by atoms with Crippen molar-refractivity contribution in [1.29, 1.82) is 0 Å². The van der Waals surface area contributed by atoms with Crippen molar-refractivity contribution in [3.8, 4) is 5.69 Å². The molecule has 0 saturated heterocycles. The van der Waals surface area contributed by atoms with Gasteiger partial charge in [-0.05, 0) is 46.3 Å². The summed E-state index contributed by atoms with van der Waals surface area (Å²) in [6, 6.07) is 13.7. The van der Waals surface area contributed by atoms with Crippen LogP contribution in [0.15, 0.2) is 53.7 Å². The van der Waals surface area contributed by atoms with E-state index >= 15 is 0 Å². The monoisotopic (exact) mass is 320 g/mol. The first-order valence-corrected chi connectivity index (χ1v) is 7.50. The Morgan fingerprint density at radius 2 is 2.00 bits per heavy atom. The van der Waals surface area contributed by atoms with E-state index in [-0.39, 0.29) is 5.82 Å². The molecule has 1 heterocycles. The van der Waals surface area contributed by atoms with Crippen LogP contribution >= 0.6 is 23.4 Å². The summed E-state index contributed by atoms with van der Waals surface area (Å²) in [5.74, 6) is 0.334. The number of hydrogen-bond acceptors (Lipinski definition) is 4. The number of nitrogens with zero attached hydrogens (tertiary/aromatic N) is 4. The highest BCUT2D eigenvalue weighted by Gasteiger charge is 2.09. The highest BCUT2D eigenvalue weighted by atomic mass is 35.5. The molecular formula is C14H10ClFN4S. The Bertz CT molecular complexity index is 762. The summed E-state index contributed by atoms with van der Waals surface area (Å²) in [7, 11) is 0. The maximum absolute atomic E-state index is 13.2. The Hall–Kier alpha value is -1.92. The van der Waals surface area contributed by atoms with Crippen molar-refractivity contribution in [2.45, 2.75) is 10.9 Å². The number of rotatable bonds is 4. The van der Waals surface area contributed by atoms with Crippen molar-refractivity contribution in [2.24, 2.45) is 0 Å². The molecule has 0 N–H and O–H groups in total. The first-order chi connectivity index (χ1) is 10.2. The zero-order valence-corrected chi connectivity index (χ0v) is 12.4. The Kier molecular flexibility index (Phi) is 4.17. The van der Waals surface area contributed by atoms with Gasteiger partial charge in [0.2, 0.25) is 5.16 Å². The zero-order valence-electron chi connectivity index (χ0n) is 10.8. The molecule has 0 saturated carbocycles. The molecule has 2 aromatic carbocycles. The highest BCUT2D eigenvalue weighted by molar-refractivity contribution is 7.98. The average Bonchev–Trinajstić information content (AvgIpc) is 2.94. The maximum atomic E-state index is 13.2. The first kappa shape index (κ1) is 14.0. The van der Waals surface area contributed by atoms with E-state index < -0.39 is 0 Å². The number of thioether (sulfide) groups is 1. The molecule has 0 unspecified atom stereocenters. The van der Waals surface area contributed by atoms with Gasteiger partial charge in [0.15, 0.2) is 0 Å². The summed E-state index contributed by atoms with van der Waals surface area (Å²) >= 11 is 7.41. The molecule has 0 atom stereocenters. The molecular weight excluding hydrogens is 311 g/mol. The van der Waals surface area contributed by atoms with Crippen LogP contribution in [0.3, 0.4) is 0 Å². The van der Waals surface area contributed by atoms with Crippen LogP contribution in [0.4, 0.5) is 4.39 Å². The standard InChI is InChI=1S/C14H10ClFN4S/c15-11-4-2-6-13(8-11)20-14(17-18-19-20)21-9-10-3-1-5-12(16)7-10/h1-8H,9H2. The summed E-state index contributed by atoms with van der Waals surface area (Å²) in [5.41, 5.74) is 1.66. The van der Waals surface area contributed by atoms with Crippen LogP contribution in [0.5, 0.6) is 0 Å². The minimum Gasteiger partial charge on any atom is -0.207 e. The molecule has 0 spiro atoms. The molecule has 4 nitrogen and oxygen atoms in total. The lowest BCUT2D eigenvalue weighted by atomic mass is 10.2. The lowest BCUT2D eigenvalue weighted by Crippen LogP contribution is -1.99. The average molecular weight is 321 g/mol. The molecule has 3 aromatic rings. The van der Waals surface area contributed by atoms with Crippen molar-refractivity contribution >= 4 is 23.4 Å². The second-order valence-corrected chi connectivity index (χ2v) is 5.65. The van der Waals surface area contributed by atoms with Crippen LogP contribution in [-0.2, 0) is 5.75 Å². The van der Waals surface area contributed by atoms with E-state index in [4.69, 9.17) is 11.6 Å². The summed E-state index contributed by atoms with van der Waals surface area (Å²) < 4.78 is 14.8. The van der Waals surface area contributed by atoms with E-state index in [0.717, 1.165) is 11.3 Å². The lowest BCUT2D eigenvalue weighted by Gasteiger charge is -2.04. The Labute approximate surface area is 129 Å². The van der Waals surface area contributed by atoms with Gasteiger partial charge in [-0.25, -0.2) is 4.39 Å². The van der Waals surface area contributed by atoms with E-state index in [2.05, 4.69) is 15.5 Å². The van der Waals surface area contributed by atoms with Crippen LogP contribution < -0.4 is 0 Å². The number of hydrogen-bond donors (Lipinski definition) is 0. The molecule has 106 valence electrons. The van der Waals surface area contributed by atoms with E-state index in [0.29, 0.717) is 15.9 Å². The van der Waals surface area contributed by atoms with E-state index in [9.17, 15) is 4.39 Å². The van der Waals surface area contributed by atoms with E-state index in [1.807, 2.05) is 18.2 Å². The van der Waals surface area contributed by atoms with Crippen LogP contribution in [0.2, 0.25) is 5.02 Å². The molecule has 0 radical (unpaired) electrons. The van der Waals surface area contributed by atoms with E-state index in [1.165, 1.54) is 23.9 Å². The summed E-state index contributed by atoms with van der Waals surface area (Å²) in [6.07, 6.45) is 0. The van der Waals surface area contributed by atoms with Gasteiger partial charge < -0.3 is 0 Å². The molecule has 21 heavy (non-hydrogen) atoms. The molecule has 0 aliphatic heterocycles. The normalized spacial score (nSPS) is 10.8. The van der Waals surface area contributed by atoms with Crippen molar-refractivity contribution in [3.63, 3.8) is 0 Å². The minimum atomic E-state index is -0.248. The summed E-state index contributed by atoms with van der Waals surface area (Å²) in [6.45, 7) is 0. The predicted octanol–water partition coefficient (Wildman–Crippen LogP) is 3.75. The lowest BCUT2D eigenvalue weighted by molar-refractivity contribution is 0.626. The zero-order chi connectivity index (χ0) is 14.7.